The maximum atomic E-state index is 12.5. The van der Waals surface area contributed by atoms with Gasteiger partial charge in [-0.2, -0.15) is 0 Å². The molecule has 0 bridgehead atoms. The standard InChI is InChI=1S/C21H34N2O3/c1-18-16-22(17-19(2)23(18)12-15-25-3)21(24)10-7-13-26-14-11-20-8-5-4-6-9-20/h4-6,8-9,18-19H,7,10-17H2,1-3H3/t18-,19-/m0/s1. The largest absolute Gasteiger partial charge is 0.383 e. The number of hydrogen-bond donors (Lipinski definition) is 0. The van der Waals surface area contributed by atoms with E-state index in [0.29, 0.717) is 31.7 Å². The van der Waals surface area contributed by atoms with Crippen LogP contribution in [0.5, 0.6) is 0 Å². The van der Waals surface area contributed by atoms with Crippen LogP contribution in [0.15, 0.2) is 30.3 Å². The zero-order valence-electron chi connectivity index (χ0n) is 16.5. The maximum absolute atomic E-state index is 12.5. The van der Waals surface area contributed by atoms with Gasteiger partial charge in [-0.3, -0.25) is 9.69 Å². The summed E-state index contributed by atoms with van der Waals surface area (Å²) in [6.07, 6.45) is 2.29. The Bertz CT molecular complexity index is 511. The van der Waals surface area contributed by atoms with Crippen molar-refractivity contribution in [3.8, 4) is 0 Å². The molecule has 5 heteroatoms. The first-order valence-corrected chi connectivity index (χ1v) is 9.76. The molecule has 146 valence electrons. The molecule has 1 aliphatic heterocycles. The molecule has 2 atom stereocenters. The van der Waals surface area contributed by atoms with Gasteiger partial charge in [0.15, 0.2) is 0 Å². The van der Waals surface area contributed by atoms with Crippen molar-refractivity contribution < 1.29 is 14.3 Å². The molecule has 1 aromatic carbocycles. The van der Waals surface area contributed by atoms with E-state index in [1.54, 1.807) is 7.11 Å². The summed E-state index contributed by atoms with van der Waals surface area (Å²) in [5, 5.41) is 0. The molecule has 0 unspecified atom stereocenters. The van der Waals surface area contributed by atoms with E-state index in [-0.39, 0.29) is 5.91 Å². The Morgan fingerprint density at radius 1 is 1.08 bits per heavy atom. The highest BCUT2D eigenvalue weighted by Gasteiger charge is 2.30. The Morgan fingerprint density at radius 2 is 1.77 bits per heavy atom. The number of carbonyl (C=O) groups excluding carboxylic acids is 1. The monoisotopic (exact) mass is 362 g/mol. The first-order chi connectivity index (χ1) is 12.6. The van der Waals surface area contributed by atoms with Crippen LogP contribution in [0.1, 0.15) is 32.3 Å². The number of nitrogens with zero attached hydrogens (tertiary/aromatic N) is 2. The molecule has 0 radical (unpaired) electrons. The Hall–Kier alpha value is -1.43. The molecule has 26 heavy (non-hydrogen) atoms. The minimum absolute atomic E-state index is 0.252. The first kappa shape index (κ1) is 20.9. The van der Waals surface area contributed by atoms with Crippen molar-refractivity contribution in [3.05, 3.63) is 35.9 Å². The summed E-state index contributed by atoms with van der Waals surface area (Å²) in [5.74, 6) is 0.252. The molecule has 0 saturated carbocycles. The van der Waals surface area contributed by atoms with Crippen molar-refractivity contribution in [3.63, 3.8) is 0 Å². The minimum atomic E-state index is 0.252. The van der Waals surface area contributed by atoms with Gasteiger partial charge < -0.3 is 14.4 Å². The lowest BCUT2D eigenvalue weighted by Gasteiger charge is -2.44. The maximum Gasteiger partial charge on any atom is 0.222 e. The summed E-state index contributed by atoms with van der Waals surface area (Å²) in [6.45, 7) is 9.03. The zero-order valence-corrected chi connectivity index (χ0v) is 16.5. The third-order valence-electron chi connectivity index (χ3n) is 5.07. The summed E-state index contributed by atoms with van der Waals surface area (Å²) < 4.78 is 10.9. The predicted octanol–water partition coefficient (Wildman–Crippen LogP) is 2.59. The lowest BCUT2D eigenvalue weighted by Crippen LogP contribution is -2.58. The Kier molecular flexibility index (Phi) is 9.09. The number of amides is 1. The number of ether oxygens (including phenoxy) is 2. The summed E-state index contributed by atoms with van der Waals surface area (Å²) in [6, 6.07) is 11.1. The van der Waals surface area contributed by atoms with Gasteiger partial charge in [0.1, 0.15) is 0 Å². The van der Waals surface area contributed by atoms with Crippen molar-refractivity contribution in [2.45, 2.75) is 45.2 Å². The van der Waals surface area contributed by atoms with Crippen LogP contribution in [0.25, 0.3) is 0 Å². The summed E-state index contributed by atoms with van der Waals surface area (Å²) in [7, 11) is 1.73. The van der Waals surface area contributed by atoms with Crippen molar-refractivity contribution in [1.82, 2.24) is 9.80 Å². The van der Waals surface area contributed by atoms with Crippen LogP contribution in [0.4, 0.5) is 0 Å². The average molecular weight is 363 g/mol. The fraction of sp³-hybridized carbons (Fsp3) is 0.667. The number of hydrogen-bond acceptors (Lipinski definition) is 4. The van der Waals surface area contributed by atoms with E-state index in [0.717, 1.165) is 39.1 Å². The zero-order chi connectivity index (χ0) is 18.8. The van der Waals surface area contributed by atoms with Crippen LogP contribution in [0.3, 0.4) is 0 Å². The van der Waals surface area contributed by atoms with E-state index in [1.807, 2.05) is 23.1 Å². The van der Waals surface area contributed by atoms with Crippen LogP contribution in [0, 0.1) is 0 Å². The number of benzene rings is 1. The Morgan fingerprint density at radius 3 is 2.42 bits per heavy atom. The molecule has 0 aromatic heterocycles. The van der Waals surface area contributed by atoms with Crippen LogP contribution in [-0.2, 0) is 20.7 Å². The molecular formula is C21H34N2O3. The molecular weight excluding hydrogens is 328 g/mol. The van der Waals surface area contributed by atoms with Gasteiger partial charge in [-0.25, -0.2) is 0 Å². The van der Waals surface area contributed by atoms with Gasteiger partial charge in [0, 0.05) is 51.9 Å². The van der Waals surface area contributed by atoms with Crippen LogP contribution in [0.2, 0.25) is 0 Å². The second-order valence-electron chi connectivity index (χ2n) is 7.18. The molecule has 1 aliphatic rings. The number of methoxy groups -OCH3 is 1. The predicted molar refractivity (Wildman–Crippen MR) is 104 cm³/mol. The quantitative estimate of drug-likeness (QED) is 0.600. The Balaban J connectivity index is 1.61. The second kappa shape index (κ2) is 11.3. The van der Waals surface area contributed by atoms with Crippen molar-refractivity contribution in [2.24, 2.45) is 0 Å². The van der Waals surface area contributed by atoms with Crippen LogP contribution < -0.4 is 0 Å². The third-order valence-corrected chi connectivity index (χ3v) is 5.07. The van der Waals surface area contributed by atoms with Crippen LogP contribution in [-0.4, -0.2) is 74.4 Å². The van der Waals surface area contributed by atoms with E-state index in [9.17, 15) is 4.79 Å². The molecule has 1 fully saturated rings. The highest BCUT2D eigenvalue weighted by molar-refractivity contribution is 5.76. The normalized spacial score (nSPS) is 21.1. The fourth-order valence-corrected chi connectivity index (χ4v) is 3.62. The SMILES string of the molecule is COCCN1[C@@H](C)CN(C(=O)CCCOCCc2ccccc2)C[C@@H]1C. The lowest BCUT2D eigenvalue weighted by atomic mass is 10.1. The molecule has 2 rings (SSSR count). The van der Waals surface area contributed by atoms with Crippen LogP contribution >= 0.6 is 0 Å². The molecule has 5 nitrogen and oxygen atoms in total. The fourth-order valence-electron chi connectivity index (χ4n) is 3.62. The smallest absolute Gasteiger partial charge is 0.222 e. The van der Waals surface area contributed by atoms with Gasteiger partial charge in [0.05, 0.1) is 13.2 Å². The van der Waals surface area contributed by atoms with E-state index >= 15 is 0 Å². The van der Waals surface area contributed by atoms with Crippen molar-refractivity contribution in [1.29, 1.82) is 0 Å². The van der Waals surface area contributed by atoms with Crippen molar-refractivity contribution >= 4 is 5.91 Å². The van der Waals surface area contributed by atoms with Crippen molar-refractivity contribution in [2.75, 3.05) is 46.6 Å². The van der Waals surface area contributed by atoms with Gasteiger partial charge in [0.25, 0.3) is 0 Å². The molecule has 1 saturated heterocycles. The van der Waals surface area contributed by atoms with Gasteiger partial charge in [-0.05, 0) is 32.3 Å². The highest BCUT2D eigenvalue weighted by atomic mass is 16.5. The molecule has 1 amide bonds. The van der Waals surface area contributed by atoms with Gasteiger partial charge in [-0.1, -0.05) is 30.3 Å². The second-order valence-corrected chi connectivity index (χ2v) is 7.18. The topological polar surface area (TPSA) is 42.0 Å². The number of carbonyl (C=O) groups is 1. The molecule has 0 aliphatic carbocycles. The highest BCUT2D eigenvalue weighted by Crippen LogP contribution is 2.16. The number of piperazine rings is 1. The molecule has 0 spiro atoms. The first-order valence-electron chi connectivity index (χ1n) is 9.76. The minimum Gasteiger partial charge on any atom is -0.383 e. The third kappa shape index (κ3) is 6.71. The summed E-state index contributed by atoms with van der Waals surface area (Å²) in [4.78, 5) is 16.9. The molecule has 1 aromatic rings. The van der Waals surface area contributed by atoms with E-state index < -0.39 is 0 Å². The molecule has 0 N–H and O–H groups in total. The summed E-state index contributed by atoms with van der Waals surface area (Å²) in [5.41, 5.74) is 1.29. The van der Waals surface area contributed by atoms with Gasteiger partial charge in [-0.15, -0.1) is 0 Å². The van der Waals surface area contributed by atoms with E-state index in [2.05, 4.69) is 30.9 Å². The molecule has 1 heterocycles. The van der Waals surface area contributed by atoms with E-state index in [1.165, 1.54) is 5.56 Å². The van der Waals surface area contributed by atoms with Gasteiger partial charge in [0.2, 0.25) is 5.91 Å². The van der Waals surface area contributed by atoms with E-state index in [4.69, 9.17) is 9.47 Å². The Labute approximate surface area is 158 Å². The average Bonchev–Trinajstić information content (AvgIpc) is 2.64. The van der Waals surface area contributed by atoms with Gasteiger partial charge >= 0.3 is 0 Å². The number of rotatable bonds is 10. The lowest BCUT2D eigenvalue weighted by molar-refractivity contribution is -0.136. The summed E-state index contributed by atoms with van der Waals surface area (Å²) >= 11 is 0.